The monoisotopic (exact) mass is 328 g/mol. The largest absolute Gasteiger partial charge is 0.391 e. The van der Waals surface area contributed by atoms with Crippen LogP contribution in [-0.4, -0.2) is 43.2 Å². The van der Waals surface area contributed by atoms with Crippen molar-refractivity contribution in [3.63, 3.8) is 0 Å². The molecule has 0 saturated carbocycles. The summed E-state index contributed by atoms with van der Waals surface area (Å²) < 4.78 is 37.7. The third-order valence-corrected chi connectivity index (χ3v) is 4.54. The van der Waals surface area contributed by atoms with Gasteiger partial charge in [0.1, 0.15) is 0 Å². The number of nitrogens with zero attached hydrogens (tertiary/aromatic N) is 1. The van der Waals surface area contributed by atoms with Crippen LogP contribution in [0.4, 0.5) is 13.2 Å². The fourth-order valence-corrected chi connectivity index (χ4v) is 3.11. The smallest absolute Gasteiger partial charge is 0.343 e. The molecule has 2 saturated heterocycles. The first-order valence-electron chi connectivity index (χ1n) is 7.52. The van der Waals surface area contributed by atoms with Gasteiger partial charge in [-0.15, -0.1) is 12.4 Å². The van der Waals surface area contributed by atoms with Gasteiger partial charge in [-0.1, -0.05) is 0 Å². The molecule has 0 aromatic carbocycles. The highest BCUT2D eigenvalue weighted by Crippen LogP contribution is 2.34. The average molecular weight is 329 g/mol. The minimum atomic E-state index is -4.11. The summed E-state index contributed by atoms with van der Waals surface area (Å²) in [6.07, 6.45) is -0.427. The van der Waals surface area contributed by atoms with Gasteiger partial charge in [-0.2, -0.15) is 13.2 Å². The first-order chi connectivity index (χ1) is 9.47. The number of hydrogen-bond donors (Lipinski definition) is 1. The molecule has 0 bridgehead atoms. The van der Waals surface area contributed by atoms with Crippen molar-refractivity contribution in [2.45, 2.75) is 44.7 Å². The molecule has 21 heavy (non-hydrogen) atoms. The Labute approximate surface area is 130 Å². The molecule has 0 aliphatic carbocycles. The van der Waals surface area contributed by atoms with Gasteiger partial charge in [0, 0.05) is 19.5 Å². The highest BCUT2D eigenvalue weighted by atomic mass is 35.5. The van der Waals surface area contributed by atoms with Crippen molar-refractivity contribution in [3.05, 3.63) is 0 Å². The molecule has 3 nitrogen and oxygen atoms in total. The van der Waals surface area contributed by atoms with Crippen molar-refractivity contribution in [2.24, 2.45) is 11.8 Å². The van der Waals surface area contributed by atoms with Crippen molar-refractivity contribution >= 4 is 18.3 Å². The van der Waals surface area contributed by atoms with Crippen LogP contribution in [0, 0.1) is 11.8 Å². The summed E-state index contributed by atoms with van der Waals surface area (Å²) in [6, 6.07) is 0. The Morgan fingerprint density at radius 3 is 2.19 bits per heavy atom. The van der Waals surface area contributed by atoms with Crippen LogP contribution >= 0.6 is 12.4 Å². The Hall–Kier alpha value is -0.490. The number of alkyl halides is 3. The first-order valence-corrected chi connectivity index (χ1v) is 7.52. The van der Waals surface area contributed by atoms with E-state index in [4.69, 9.17) is 0 Å². The van der Waals surface area contributed by atoms with Gasteiger partial charge in [0.15, 0.2) is 0 Å². The number of carbonyl (C=O) groups is 1. The second kappa shape index (κ2) is 8.22. The molecule has 2 aliphatic heterocycles. The van der Waals surface area contributed by atoms with E-state index in [0.717, 1.165) is 32.4 Å². The molecule has 0 radical (unpaired) electrons. The Balaban J connectivity index is 0.00000220. The van der Waals surface area contributed by atoms with Crippen molar-refractivity contribution in [3.8, 4) is 0 Å². The van der Waals surface area contributed by atoms with Gasteiger partial charge in [0.25, 0.3) is 0 Å². The van der Waals surface area contributed by atoms with Crippen LogP contribution in [0.1, 0.15) is 38.5 Å². The van der Waals surface area contributed by atoms with Crippen molar-refractivity contribution < 1.29 is 18.0 Å². The summed E-state index contributed by atoms with van der Waals surface area (Å²) in [7, 11) is 0. The fourth-order valence-electron chi connectivity index (χ4n) is 3.11. The van der Waals surface area contributed by atoms with Gasteiger partial charge >= 0.3 is 6.18 Å². The zero-order valence-corrected chi connectivity index (χ0v) is 12.9. The van der Waals surface area contributed by atoms with Gasteiger partial charge in [-0.05, 0) is 51.1 Å². The number of nitrogens with one attached hydrogen (secondary N) is 1. The zero-order chi connectivity index (χ0) is 14.6. The van der Waals surface area contributed by atoms with E-state index in [1.54, 1.807) is 4.90 Å². The number of amides is 1. The van der Waals surface area contributed by atoms with E-state index in [1.165, 1.54) is 0 Å². The number of hydrogen-bond acceptors (Lipinski definition) is 2. The average Bonchev–Trinajstić information content (AvgIpc) is 2.45. The molecule has 124 valence electrons. The van der Waals surface area contributed by atoms with Gasteiger partial charge in [0.05, 0.1) is 5.92 Å². The van der Waals surface area contributed by atoms with E-state index in [0.29, 0.717) is 12.3 Å². The summed E-state index contributed by atoms with van der Waals surface area (Å²) >= 11 is 0. The Morgan fingerprint density at radius 2 is 1.67 bits per heavy atom. The van der Waals surface area contributed by atoms with Crippen LogP contribution in [-0.2, 0) is 4.79 Å². The highest BCUT2D eigenvalue weighted by molar-refractivity contribution is 5.85. The third-order valence-electron chi connectivity index (χ3n) is 4.54. The molecule has 0 spiro atoms. The number of halogens is 4. The second-order valence-corrected chi connectivity index (χ2v) is 5.93. The summed E-state index contributed by atoms with van der Waals surface area (Å²) in [5, 5.41) is 3.28. The molecular weight excluding hydrogens is 305 g/mol. The topological polar surface area (TPSA) is 32.3 Å². The lowest BCUT2D eigenvalue weighted by molar-refractivity contribution is -0.186. The summed E-state index contributed by atoms with van der Waals surface area (Å²) in [4.78, 5) is 13.6. The van der Waals surface area contributed by atoms with E-state index >= 15 is 0 Å². The molecule has 0 aromatic heterocycles. The molecular formula is C14H24ClF3N2O. The lowest BCUT2D eigenvalue weighted by Gasteiger charge is -2.33. The van der Waals surface area contributed by atoms with Crippen LogP contribution in [0.25, 0.3) is 0 Å². The van der Waals surface area contributed by atoms with E-state index in [1.807, 2.05) is 0 Å². The maximum atomic E-state index is 12.6. The van der Waals surface area contributed by atoms with Gasteiger partial charge in [-0.3, -0.25) is 4.79 Å². The predicted octanol–water partition coefficient (Wildman–Crippen LogP) is 2.99. The molecule has 0 aromatic rings. The fraction of sp³-hybridized carbons (Fsp3) is 0.929. The van der Waals surface area contributed by atoms with Crippen molar-refractivity contribution in [1.82, 2.24) is 10.2 Å². The van der Waals surface area contributed by atoms with Gasteiger partial charge in [0.2, 0.25) is 5.91 Å². The molecule has 2 aliphatic rings. The normalized spacial score (nSPS) is 22.0. The van der Waals surface area contributed by atoms with Crippen LogP contribution < -0.4 is 5.32 Å². The maximum Gasteiger partial charge on any atom is 0.391 e. The number of likely N-dealkylation sites (tertiary alicyclic amines) is 1. The summed E-state index contributed by atoms with van der Waals surface area (Å²) in [5.41, 5.74) is 0. The molecule has 1 N–H and O–H groups in total. The molecule has 2 rings (SSSR count). The number of piperidine rings is 2. The van der Waals surface area contributed by atoms with Crippen LogP contribution in [0.5, 0.6) is 0 Å². The number of carbonyl (C=O) groups excluding carboxylic acids is 1. The Bertz CT molecular complexity index is 325. The molecule has 2 fully saturated rings. The summed E-state index contributed by atoms with van der Waals surface area (Å²) in [6.45, 7) is 2.54. The van der Waals surface area contributed by atoms with Crippen molar-refractivity contribution in [2.75, 3.05) is 26.2 Å². The standard InChI is InChI=1S/C14H23F3N2O.ClH/c15-14(16,17)12-5-9-19(10-6-12)13(20)2-1-11-3-7-18-8-4-11;/h11-12,18H,1-10H2;1H. The molecule has 7 heteroatoms. The predicted molar refractivity (Wildman–Crippen MR) is 77.4 cm³/mol. The Kier molecular flexibility index (Phi) is 7.27. The number of rotatable bonds is 3. The van der Waals surface area contributed by atoms with Crippen LogP contribution in [0.3, 0.4) is 0 Å². The quantitative estimate of drug-likeness (QED) is 0.864. The minimum absolute atomic E-state index is 0. The molecule has 2 heterocycles. The zero-order valence-electron chi connectivity index (χ0n) is 12.1. The van der Waals surface area contributed by atoms with E-state index in [2.05, 4.69) is 5.32 Å². The van der Waals surface area contributed by atoms with Crippen LogP contribution in [0.2, 0.25) is 0 Å². The van der Waals surface area contributed by atoms with Crippen LogP contribution in [0.15, 0.2) is 0 Å². The highest BCUT2D eigenvalue weighted by Gasteiger charge is 2.41. The lowest BCUT2D eigenvalue weighted by Crippen LogP contribution is -2.42. The van der Waals surface area contributed by atoms with Gasteiger partial charge < -0.3 is 10.2 Å². The molecule has 1 amide bonds. The minimum Gasteiger partial charge on any atom is -0.343 e. The first kappa shape index (κ1) is 18.6. The molecule has 0 unspecified atom stereocenters. The Morgan fingerprint density at radius 1 is 1.10 bits per heavy atom. The SMILES string of the molecule is Cl.O=C(CCC1CCNCC1)N1CCC(C(F)(F)F)CC1. The van der Waals surface area contributed by atoms with E-state index < -0.39 is 12.1 Å². The van der Waals surface area contributed by atoms with Crippen molar-refractivity contribution in [1.29, 1.82) is 0 Å². The van der Waals surface area contributed by atoms with E-state index in [9.17, 15) is 18.0 Å². The maximum absolute atomic E-state index is 12.6. The second-order valence-electron chi connectivity index (χ2n) is 5.93. The summed E-state index contributed by atoms with van der Waals surface area (Å²) in [5.74, 6) is -0.604. The third kappa shape index (κ3) is 5.66. The lowest BCUT2D eigenvalue weighted by atomic mass is 9.92. The van der Waals surface area contributed by atoms with E-state index in [-0.39, 0.29) is 44.2 Å². The van der Waals surface area contributed by atoms with Gasteiger partial charge in [-0.25, -0.2) is 0 Å². The molecule has 0 atom stereocenters.